The van der Waals surface area contributed by atoms with Crippen molar-refractivity contribution in [2.24, 2.45) is 16.1 Å². The van der Waals surface area contributed by atoms with E-state index in [-0.39, 0.29) is 35.1 Å². The van der Waals surface area contributed by atoms with E-state index in [2.05, 4.69) is 10.3 Å². The molecule has 0 unspecified atom stereocenters. The van der Waals surface area contributed by atoms with Gasteiger partial charge in [0.1, 0.15) is 9.84 Å². The average Bonchev–Trinajstić information content (AvgIpc) is 2.89. The minimum atomic E-state index is -2.91. The molecule has 102 valence electrons. The van der Waals surface area contributed by atoms with Gasteiger partial charge in [0.05, 0.1) is 5.75 Å². The Hall–Kier alpha value is -0.0500. The monoisotopic (exact) mass is 375 g/mol. The van der Waals surface area contributed by atoms with Crippen LogP contribution in [-0.2, 0) is 9.84 Å². The Balaban J connectivity index is 0.00000256. The molecule has 0 radical (unpaired) electrons. The van der Waals surface area contributed by atoms with Crippen molar-refractivity contribution in [3.8, 4) is 0 Å². The molecule has 0 amide bonds. The third-order valence-corrected chi connectivity index (χ3v) is 3.80. The minimum Gasteiger partial charge on any atom is -0.370 e. The van der Waals surface area contributed by atoms with Crippen LogP contribution < -0.4 is 11.1 Å². The predicted molar refractivity (Wildman–Crippen MR) is 81.6 cm³/mol. The summed E-state index contributed by atoms with van der Waals surface area (Å²) in [6.07, 6.45) is 4.13. The molecule has 1 aliphatic rings. The summed E-state index contributed by atoms with van der Waals surface area (Å²) in [5.74, 6) is 0.645. The number of nitrogens with zero attached hydrogens (tertiary/aromatic N) is 1. The topological polar surface area (TPSA) is 84.5 Å². The molecular formula is C10H22IN3O2S. The maximum Gasteiger partial charge on any atom is 0.188 e. The molecule has 5 nitrogen and oxygen atoms in total. The van der Waals surface area contributed by atoms with Gasteiger partial charge in [-0.2, -0.15) is 0 Å². The van der Waals surface area contributed by atoms with Crippen molar-refractivity contribution in [3.05, 3.63) is 0 Å². The fourth-order valence-electron chi connectivity index (χ4n) is 1.64. The predicted octanol–water partition coefficient (Wildman–Crippen LogP) is 0.743. The van der Waals surface area contributed by atoms with Gasteiger partial charge in [-0.1, -0.05) is 6.92 Å². The molecule has 0 aliphatic heterocycles. The summed E-state index contributed by atoms with van der Waals surface area (Å²) in [5.41, 5.74) is 5.52. The van der Waals surface area contributed by atoms with Gasteiger partial charge in [-0.15, -0.1) is 24.0 Å². The standard InChI is InChI=1S/C10H21N3O2S.HI/c1-3-6-12-9(11)13-7-10(4-5-10)8-16(2,14)15;/h3-8H2,1-2H3,(H3,11,12,13);1H. The van der Waals surface area contributed by atoms with Crippen LogP contribution in [0.4, 0.5) is 0 Å². The number of halogens is 1. The third-order valence-electron chi connectivity index (χ3n) is 2.67. The highest BCUT2D eigenvalue weighted by atomic mass is 127. The number of hydrogen-bond donors (Lipinski definition) is 2. The molecule has 1 fully saturated rings. The highest BCUT2D eigenvalue weighted by Crippen LogP contribution is 2.46. The fourth-order valence-corrected chi connectivity index (χ4v) is 3.14. The molecule has 1 rings (SSSR count). The summed E-state index contributed by atoms with van der Waals surface area (Å²) in [5, 5.41) is 2.97. The zero-order chi connectivity index (χ0) is 12.2. The first-order valence-electron chi connectivity index (χ1n) is 5.58. The van der Waals surface area contributed by atoms with Crippen molar-refractivity contribution in [1.29, 1.82) is 0 Å². The summed E-state index contributed by atoms with van der Waals surface area (Å²) in [7, 11) is -2.91. The minimum absolute atomic E-state index is 0. The first-order valence-corrected chi connectivity index (χ1v) is 7.64. The van der Waals surface area contributed by atoms with E-state index < -0.39 is 9.84 Å². The van der Waals surface area contributed by atoms with Crippen molar-refractivity contribution >= 4 is 39.8 Å². The molecule has 0 aromatic heterocycles. The van der Waals surface area contributed by atoms with Crippen molar-refractivity contribution in [2.45, 2.75) is 26.2 Å². The fraction of sp³-hybridized carbons (Fsp3) is 0.900. The zero-order valence-corrected chi connectivity index (χ0v) is 13.5. The van der Waals surface area contributed by atoms with Gasteiger partial charge in [0.15, 0.2) is 5.96 Å². The number of sulfone groups is 1. The lowest BCUT2D eigenvalue weighted by Gasteiger charge is -2.11. The number of guanidine groups is 1. The van der Waals surface area contributed by atoms with E-state index in [4.69, 9.17) is 5.73 Å². The highest BCUT2D eigenvalue weighted by Gasteiger charge is 2.45. The van der Waals surface area contributed by atoms with Crippen LogP contribution in [0.15, 0.2) is 4.99 Å². The van der Waals surface area contributed by atoms with Crippen LogP contribution in [0.1, 0.15) is 26.2 Å². The molecule has 1 saturated carbocycles. The number of nitrogens with two attached hydrogens (primary N) is 1. The maximum absolute atomic E-state index is 11.2. The summed E-state index contributed by atoms with van der Waals surface area (Å²) in [6, 6.07) is 0. The van der Waals surface area contributed by atoms with Crippen LogP contribution in [0.25, 0.3) is 0 Å². The molecule has 3 N–H and O–H groups in total. The quantitative estimate of drug-likeness (QED) is 0.408. The number of nitrogens with one attached hydrogen (secondary N) is 1. The number of aliphatic imine (C=N–C) groups is 1. The third kappa shape index (κ3) is 7.07. The van der Waals surface area contributed by atoms with Crippen molar-refractivity contribution < 1.29 is 8.42 Å². The van der Waals surface area contributed by atoms with Crippen LogP contribution in [0.2, 0.25) is 0 Å². The first kappa shape index (κ1) is 16.9. The van der Waals surface area contributed by atoms with Gasteiger partial charge in [-0.3, -0.25) is 4.99 Å². The molecule has 0 aromatic rings. The van der Waals surface area contributed by atoms with E-state index in [0.29, 0.717) is 12.5 Å². The normalized spacial score (nSPS) is 18.4. The lowest BCUT2D eigenvalue weighted by atomic mass is 10.1. The second-order valence-corrected chi connectivity index (χ2v) is 6.84. The van der Waals surface area contributed by atoms with Gasteiger partial charge in [0, 0.05) is 24.8 Å². The lowest BCUT2D eigenvalue weighted by molar-refractivity contribution is 0.551. The summed E-state index contributed by atoms with van der Waals surface area (Å²) < 4.78 is 22.4. The SMILES string of the molecule is CCCNC(N)=NCC1(CS(C)(=O)=O)CC1.I. The second kappa shape index (κ2) is 6.77. The van der Waals surface area contributed by atoms with Gasteiger partial charge in [0.2, 0.25) is 0 Å². The van der Waals surface area contributed by atoms with E-state index in [0.717, 1.165) is 25.8 Å². The van der Waals surface area contributed by atoms with Crippen molar-refractivity contribution in [2.75, 3.05) is 25.1 Å². The average molecular weight is 375 g/mol. The molecule has 0 saturated heterocycles. The Morgan fingerprint density at radius 2 is 2.06 bits per heavy atom. The van der Waals surface area contributed by atoms with Crippen molar-refractivity contribution in [3.63, 3.8) is 0 Å². The molecule has 1 aliphatic carbocycles. The molecule has 0 bridgehead atoms. The van der Waals surface area contributed by atoms with E-state index >= 15 is 0 Å². The van der Waals surface area contributed by atoms with Crippen LogP contribution in [0, 0.1) is 5.41 Å². The molecule has 0 heterocycles. The Morgan fingerprint density at radius 3 is 2.47 bits per heavy atom. The van der Waals surface area contributed by atoms with Gasteiger partial charge in [-0.05, 0) is 19.3 Å². The molecule has 0 spiro atoms. The Morgan fingerprint density at radius 1 is 1.47 bits per heavy atom. The Kier molecular flexibility index (Phi) is 6.75. The highest BCUT2D eigenvalue weighted by molar-refractivity contribution is 14.0. The van der Waals surface area contributed by atoms with Crippen LogP contribution in [-0.4, -0.2) is 39.5 Å². The Labute approximate surface area is 121 Å². The number of rotatable bonds is 6. The second-order valence-electron chi connectivity index (χ2n) is 4.70. The van der Waals surface area contributed by atoms with E-state index in [9.17, 15) is 8.42 Å². The molecule has 17 heavy (non-hydrogen) atoms. The van der Waals surface area contributed by atoms with Crippen LogP contribution in [0.5, 0.6) is 0 Å². The van der Waals surface area contributed by atoms with Crippen LogP contribution >= 0.6 is 24.0 Å². The molecule has 0 aromatic carbocycles. The summed E-state index contributed by atoms with van der Waals surface area (Å²) >= 11 is 0. The summed E-state index contributed by atoms with van der Waals surface area (Å²) in [6.45, 7) is 3.36. The first-order chi connectivity index (χ1) is 7.37. The van der Waals surface area contributed by atoms with Gasteiger partial charge in [-0.25, -0.2) is 8.42 Å². The van der Waals surface area contributed by atoms with Gasteiger partial charge < -0.3 is 11.1 Å². The van der Waals surface area contributed by atoms with E-state index in [1.165, 1.54) is 6.26 Å². The number of hydrogen-bond acceptors (Lipinski definition) is 3. The smallest absolute Gasteiger partial charge is 0.188 e. The molecule has 0 atom stereocenters. The largest absolute Gasteiger partial charge is 0.370 e. The lowest BCUT2D eigenvalue weighted by Crippen LogP contribution is -2.33. The van der Waals surface area contributed by atoms with Gasteiger partial charge >= 0.3 is 0 Å². The van der Waals surface area contributed by atoms with Gasteiger partial charge in [0.25, 0.3) is 0 Å². The summed E-state index contributed by atoms with van der Waals surface area (Å²) in [4.78, 5) is 4.20. The Bertz CT molecular complexity index is 364. The molecule has 7 heteroatoms. The van der Waals surface area contributed by atoms with Crippen molar-refractivity contribution in [1.82, 2.24) is 5.32 Å². The van der Waals surface area contributed by atoms with E-state index in [1.807, 2.05) is 6.92 Å². The van der Waals surface area contributed by atoms with Crippen LogP contribution in [0.3, 0.4) is 0 Å². The maximum atomic E-state index is 11.2. The zero-order valence-electron chi connectivity index (χ0n) is 10.4. The molecular weight excluding hydrogens is 353 g/mol. The van der Waals surface area contributed by atoms with E-state index in [1.54, 1.807) is 0 Å².